The number of aliphatic hydroxyl groups excluding tert-OH is 2. The Hall–Kier alpha value is -5.77. The number of ether oxygens (including phenoxy) is 4. The standard InChI is InChI=1S/C44H51N3O12/c1-19-12-11-13-20(2)43(55)46-34-35-33(45-27-15-14-26(49)18-28(27)47(35)9)30-31(39(34)53)38(52)24(6)41-32(30)42(54)44(8,59-41)57-17-16-29(56-10)21(3)40(58-25(7)48)23(5)37(51)22(4)36(19)50/h11-19,21-23,29,36-37,40,49-52H,1-10H3,(H,46,55)/b12-11+,17-16+,20-13-/t19-,21+,22+,23+,29-,36-,37+,40+,44-/m0/s1. The number of nitrogens with one attached hydrogen (secondary N) is 1. The van der Waals surface area contributed by atoms with E-state index in [1.807, 2.05) is 0 Å². The van der Waals surface area contributed by atoms with Gasteiger partial charge in [0, 0.05) is 74.3 Å². The molecule has 0 fully saturated rings. The average Bonchev–Trinajstić information content (AvgIpc) is 3.46. The van der Waals surface area contributed by atoms with E-state index in [2.05, 4.69) is 5.32 Å². The number of benzene rings is 3. The Morgan fingerprint density at radius 1 is 0.983 bits per heavy atom. The summed E-state index contributed by atoms with van der Waals surface area (Å²) in [6.45, 7) is 12.6. The predicted octanol–water partition coefficient (Wildman–Crippen LogP) is 5.40. The zero-order valence-corrected chi connectivity index (χ0v) is 34.7. The van der Waals surface area contributed by atoms with Gasteiger partial charge < -0.3 is 49.3 Å². The number of aryl methyl sites for hydroxylation is 1. The van der Waals surface area contributed by atoms with Crippen LogP contribution in [0.1, 0.15) is 64.4 Å². The lowest BCUT2D eigenvalue weighted by Crippen LogP contribution is -2.46. The van der Waals surface area contributed by atoms with E-state index >= 15 is 0 Å². The van der Waals surface area contributed by atoms with Gasteiger partial charge in [-0.1, -0.05) is 45.9 Å². The van der Waals surface area contributed by atoms with Crippen LogP contribution in [0.15, 0.2) is 59.1 Å². The first-order valence-corrected chi connectivity index (χ1v) is 19.4. The van der Waals surface area contributed by atoms with Gasteiger partial charge in [0.05, 0.1) is 57.9 Å². The quantitative estimate of drug-likeness (QED) is 0.0975. The van der Waals surface area contributed by atoms with Crippen molar-refractivity contribution in [2.75, 3.05) is 12.4 Å². The predicted molar refractivity (Wildman–Crippen MR) is 219 cm³/mol. The summed E-state index contributed by atoms with van der Waals surface area (Å²) >= 11 is 0. The van der Waals surface area contributed by atoms with Crippen LogP contribution in [0.3, 0.4) is 0 Å². The zero-order chi connectivity index (χ0) is 43.4. The summed E-state index contributed by atoms with van der Waals surface area (Å²) in [7, 11) is 3.05. The number of hydrogen-bond acceptors (Lipinski definition) is 13. The highest BCUT2D eigenvalue weighted by molar-refractivity contribution is 6.22. The first-order chi connectivity index (χ1) is 27.7. The number of esters is 1. The van der Waals surface area contributed by atoms with Crippen molar-refractivity contribution < 1.29 is 53.8 Å². The number of allylic oxidation sites excluding steroid dienone is 2. The maximum atomic E-state index is 14.7. The first-order valence-electron chi connectivity index (χ1n) is 19.4. The van der Waals surface area contributed by atoms with Crippen molar-refractivity contribution in [3.05, 3.63) is 75.7 Å². The van der Waals surface area contributed by atoms with E-state index in [-0.39, 0.29) is 56.0 Å². The van der Waals surface area contributed by atoms with Crippen molar-refractivity contribution in [2.45, 2.75) is 85.6 Å². The van der Waals surface area contributed by atoms with E-state index in [1.165, 1.54) is 65.4 Å². The molecule has 0 radical (unpaired) electrons. The Kier molecular flexibility index (Phi) is 11.7. The molecule has 0 spiro atoms. The normalized spacial score (nSPS) is 30.1. The van der Waals surface area contributed by atoms with Gasteiger partial charge in [-0.15, -0.1) is 0 Å². The van der Waals surface area contributed by atoms with Crippen molar-refractivity contribution >= 4 is 45.2 Å². The molecule has 3 aliphatic heterocycles. The van der Waals surface area contributed by atoms with Gasteiger partial charge in [-0.3, -0.25) is 19.2 Å². The van der Waals surface area contributed by atoms with Crippen molar-refractivity contribution in [3.63, 3.8) is 0 Å². The lowest BCUT2D eigenvalue weighted by atomic mass is 9.78. The molecule has 15 nitrogen and oxygen atoms in total. The number of amides is 1. The van der Waals surface area contributed by atoms with Crippen LogP contribution in [0.2, 0.25) is 0 Å². The number of phenolic OH excluding ortho intramolecular Hbond substituents is 2. The molecular weight excluding hydrogens is 762 g/mol. The molecule has 5 N–H and O–H groups in total. The molecule has 0 unspecified atom stereocenters. The molecule has 1 aliphatic carbocycles. The van der Waals surface area contributed by atoms with Gasteiger partial charge in [0.25, 0.3) is 11.7 Å². The number of anilines is 1. The maximum Gasteiger partial charge on any atom is 0.312 e. The molecule has 2 aromatic rings. The van der Waals surface area contributed by atoms with Gasteiger partial charge in [-0.2, -0.15) is 0 Å². The summed E-state index contributed by atoms with van der Waals surface area (Å²) < 4.78 is 25.3. The van der Waals surface area contributed by atoms with Gasteiger partial charge in [-0.25, -0.2) is 4.98 Å². The third-order valence-corrected chi connectivity index (χ3v) is 11.8. The molecule has 9 atom stereocenters. The van der Waals surface area contributed by atoms with Crippen LogP contribution in [0.25, 0.3) is 33.2 Å². The molecule has 15 heteroatoms. The fraction of sp³-hybridized carbons (Fsp3) is 0.432. The fourth-order valence-corrected chi connectivity index (χ4v) is 8.24. The fourth-order valence-electron chi connectivity index (χ4n) is 8.24. The number of methoxy groups -OCH3 is 1. The molecule has 1 amide bonds. The topological polar surface area (TPSA) is 216 Å². The highest BCUT2D eigenvalue weighted by atomic mass is 16.7. The number of carbonyl (C=O) groups excluding carboxylic acids is 3. The molecule has 0 saturated carbocycles. The highest BCUT2D eigenvalue weighted by Crippen LogP contribution is 2.50. The Bertz CT molecular complexity index is 2490. The molecule has 314 valence electrons. The van der Waals surface area contributed by atoms with E-state index in [0.717, 1.165) is 0 Å². The van der Waals surface area contributed by atoms with E-state index in [4.69, 9.17) is 23.9 Å². The van der Waals surface area contributed by atoms with Crippen molar-refractivity contribution in [1.29, 1.82) is 0 Å². The minimum Gasteiger partial charge on any atom is -0.508 e. The van der Waals surface area contributed by atoms with Crippen LogP contribution in [0.5, 0.6) is 17.2 Å². The van der Waals surface area contributed by atoms with E-state index in [9.17, 15) is 39.6 Å². The summed E-state index contributed by atoms with van der Waals surface area (Å²) in [5.41, 5.74) is 0.0496. The van der Waals surface area contributed by atoms with Gasteiger partial charge in [-0.05, 0) is 32.1 Å². The Morgan fingerprint density at radius 3 is 2.34 bits per heavy atom. The van der Waals surface area contributed by atoms with Crippen LogP contribution in [-0.2, 0) is 30.8 Å². The number of aliphatic hydroxyl groups is 2. The minimum absolute atomic E-state index is 0.0282. The summed E-state index contributed by atoms with van der Waals surface area (Å²) in [5, 5.41) is 47.4. The second-order valence-electron chi connectivity index (χ2n) is 15.9. The number of aromatic nitrogens is 2. The number of nitrogens with zero attached hydrogens (tertiary/aromatic N) is 2. The average molecular weight is 814 g/mol. The SMILES string of the molecule is CO[C@H]1/C=C/O[C@@]2(C)Oc3c(C)c(O)c4c(=O)c(c5n(C)c6cc(O)ccc6nc-5c4c3C2=O)NC(=O)/C(C)=C\C=C\[C@H](C)[C@H](O)[C@@H](C)[C@@H](O)[C@@H](C)[C@H](OC(C)=O)[C@@H]1C. The Labute approximate surface area is 340 Å². The monoisotopic (exact) mass is 813 g/mol. The molecular formula is C44H51N3O12. The lowest BCUT2D eigenvalue weighted by molar-refractivity contribution is -0.160. The lowest BCUT2D eigenvalue weighted by Gasteiger charge is -2.38. The number of carbonyl (C=O) groups is 3. The largest absolute Gasteiger partial charge is 0.508 e. The van der Waals surface area contributed by atoms with Gasteiger partial charge >= 0.3 is 11.8 Å². The third kappa shape index (κ3) is 7.42. The van der Waals surface area contributed by atoms with Gasteiger partial charge in [0.15, 0.2) is 0 Å². The number of rotatable bonds is 2. The second-order valence-corrected chi connectivity index (χ2v) is 15.9. The summed E-state index contributed by atoms with van der Waals surface area (Å²) in [6.07, 6.45) is 3.60. The summed E-state index contributed by atoms with van der Waals surface area (Å²) in [5.74, 6) is -7.08. The van der Waals surface area contributed by atoms with Crippen LogP contribution >= 0.6 is 0 Å². The van der Waals surface area contributed by atoms with Crippen molar-refractivity contribution in [3.8, 4) is 28.6 Å². The molecule has 0 saturated heterocycles. The maximum absolute atomic E-state index is 14.7. The van der Waals surface area contributed by atoms with E-state index in [0.29, 0.717) is 11.0 Å². The van der Waals surface area contributed by atoms with Crippen molar-refractivity contribution in [2.24, 2.45) is 30.7 Å². The van der Waals surface area contributed by atoms with Crippen molar-refractivity contribution in [1.82, 2.24) is 9.55 Å². The Balaban J connectivity index is 1.61. The molecule has 3 heterocycles. The Morgan fingerprint density at radius 2 is 1.68 bits per heavy atom. The van der Waals surface area contributed by atoms with Crippen LogP contribution < -0.4 is 15.5 Å². The second kappa shape index (κ2) is 16.1. The number of Topliss-reactive ketones (excluding diaryl/α,β-unsaturated/α-hetero) is 1. The zero-order valence-electron chi connectivity index (χ0n) is 34.7. The molecule has 2 aromatic carbocycles. The van der Waals surface area contributed by atoms with Gasteiger partial charge in [0.2, 0.25) is 5.43 Å². The van der Waals surface area contributed by atoms with Gasteiger partial charge in [0.1, 0.15) is 29.0 Å². The number of ketones is 1. The van der Waals surface area contributed by atoms with Crippen LogP contribution in [-0.4, -0.2) is 84.9 Å². The number of phenols is 2. The summed E-state index contributed by atoms with van der Waals surface area (Å²) in [4.78, 5) is 60.4. The first kappa shape index (κ1) is 42.8. The molecule has 4 aliphatic rings. The highest BCUT2D eigenvalue weighted by Gasteiger charge is 2.50. The molecule has 59 heavy (non-hydrogen) atoms. The summed E-state index contributed by atoms with van der Waals surface area (Å²) in [6, 6.07) is 4.43. The van der Waals surface area contributed by atoms with Crippen LogP contribution in [0, 0.1) is 30.6 Å². The molecule has 6 rings (SSSR count). The third-order valence-electron chi connectivity index (χ3n) is 11.8. The van der Waals surface area contributed by atoms with E-state index < -0.39 is 82.7 Å². The number of hydrogen-bond donors (Lipinski definition) is 5. The minimum atomic E-state index is -2.02. The molecule has 0 aromatic heterocycles. The smallest absolute Gasteiger partial charge is 0.312 e. The number of aromatic hydroxyl groups is 2. The van der Waals surface area contributed by atoms with E-state index in [1.54, 1.807) is 57.5 Å². The van der Waals surface area contributed by atoms with Crippen LogP contribution in [0.4, 0.5) is 5.69 Å². The molecule has 4 bridgehead atoms. The number of fused-ring (bicyclic) bond motifs is 2.